The molecule has 0 spiro atoms. The number of nitrogens with zero attached hydrogens (tertiary/aromatic N) is 2. The average Bonchev–Trinajstić information content (AvgIpc) is 3.15. The van der Waals surface area contributed by atoms with Crippen molar-refractivity contribution in [2.45, 2.75) is 107 Å². The maximum absolute atomic E-state index is 6.72. The van der Waals surface area contributed by atoms with E-state index in [1.165, 1.54) is 61.0 Å². The van der Waals surface area contributed by atoms with Gasteiger partial charge in [0.1, 0.15) is 11.5 Å². The van der Waals surface area contributed by atoms with Gasteiger partial charge in [0.05, 0.1) is 13.2 Å². The zero-order valence-electron chi connectivity index (χ0n) is 32.8. The van der Waals surface area contributed by atoms with E-state index >= 15 is 0 Å². The molecule has 0 fully saturated rings. The molecule has 2 atom stereocenters. The topological polar surface area (TPSA) is 24.9 Å². The molecule has 274 valence electrons. The Morgan fingerprint density at radius 3 is 1.16 bits per heavy atom. The largest absolute Gasteiger partial charge is 0.493 e. The van der Waals surface area contributed by atoms with Crippen LogP contribution < -0.4 is 19.3 Å². The first-order valence-electron chi connectivity index (χ1n) is 19.9. The summed E-state index contributed by atoms with van der Waals surface area (Å²) in [5.74, 6) is 2.92. The molecule has 3 rings (SSSR count). The molecule has 0 N–H and O–H groups in total. The minimum Gasteiger partial charge on any atom is -0.493 e. The predicted octanol–water partition coefficient (Wildman–Crippen LogP) is 12.9. The second kappa shape index (κ2) is 22.9. The van der Waals surface area contributed by atoms with E-state index in [0.29, 0.717) is 11.8 Å². The predicted molar refractivity (Wildman–Crippen MR) is 222 cm³/mol. The summed E-state index contributed by atoms with van der Waals surface area (Å²) in [6.07, 6.45) is 18.4. The molecule has 0 saturated heterocycles. The third-order valence-corrected chi connectivity index (χ3v) is 10.1. The van der Waals surface area contributed by atoms with E-state index < -0.39 is 0 Å². The molecular weight excluding hydrogens is 613 g/mol. The number of hydrogen-bond donors (Lipinski definition) is 0. The Labute approximate surface area is 306 Å². The number of ether oxygens (including phenoxy) is 2. The van der Waals surface area contributed by atoms with Gasteiger partial charge >= 0.3 is 0 Å². The third-order valence-electron chi connectivity index (χ3n) is 10.1. The summed E-state index contributed by atoms with van der Waals surface area (Å²) in [5, 5.41) is 0. The fourth-order valence-corrected chi connectivity index (χ4v) is 6.46. The monoisotopic (exact) mass is 681 g/mol. The smallest absolute Gasteiger partial charge is 0.127 e. The lowest BCUT2D eigenvalue weighted by Gasteiger charge is -2.21. The van der Waals surface area contributed by atoms with Gasteiger partial charge in [0, 0.05) is 48.7 Å². The molecule has 0 amide bonds. The highest BCUT2D eigenvalue weighted by Crippen LogP contribution is 2.34. The molecule has 3 aromatic rings. The second-order valence-corrected chi connectivity index (χ2v) is 13.6. The molecule has 50 heavy (non-hydrogen) atoms. The van der Waals surface area contributed by atoms with E-state index in [1.54, 1.807) is 0 Å². The van der Waals surface area contributed by atoms with Crippen LogP contribution in [0.3, 0.4) is 0 Å². The van der Waals surface area contributed by atoms with Crippen molar-refractivity contribution in [3.8, 4) is 11.5 Å². The van der Waals surface area contributed by atoms with Gasteiger partial charge in [-0.3, -0.25) is 0 Å². The summed E-state index contributed by atoms with van der Waals surface area (Å²) < 4.78 is 13.4. The van der Waals surface area contributed by atoms with E-state index in [9.17, 15) is 0 Å². The van der Waals surface area contributed by atoms with Gasteiger partial charge in [0.25, 0.3) is 0 Å². The van der Waals surface area contributed by atoms with Crippen molar-refractivity contribution < 1.29 is 9.47 Å². The zero-order valence-corrected chi connectivity index (χ0v) is 32.8. The quantitative estimate of drug-likeness (QED) is 0.0879. The summed E-state index contributed by atoms with van der Waals surface area (Å²) in [7, 11) is 0. The molecule has 0 aliphatic heterocycles. The van der Waals surface area contributed by atoms with Crippen LogP contribution in [0.15, 0.2) is 60.7 Å². The third kappa shape index (κ3) is 12.9. The minimum atomic E-state index is 0.544. The van der Waals surface area contributed by atoms with Crippen molar-refractivity contribution in [1.82, 2.24) is 0 Å². The summed E-state index contributed by atoms with van der Waals surface area (Å²) >= 11 is 0. The van der Waals surface area contributed by atoms with Crippen LogP contribution in [0.5, 0.6) is 11.5 Å². The highest BCUT2D eigenvalue weighted by Gasteiger charge is 2.15. The molecule has 0 aliphatic carbocycles. The Kier molecular flexibility index (Phi) is 18.7. The van der Waals surface area contributed by atoms with E-state index in [-0.39, 0.29) is 0 Å². The molecule has 4 heteroatoms. The van der Waals surface area contributed by atoms with E-state index in [0.717, 1.165) is 74.9 Å². The first kappa shape index (κ1) is 40.8. The lowest BCUT2D eigenvalue weighted by atomic mass is 10.00. The van der Waals surface area contributed by atoms with Crippen LogP contribution in [0.25, 0.3) is 24.3 Å². The molecule has 4 nitrogen and oxygen atoms in total. The maximum Gasteiger partial charge on any atom is 0.127 e. The first-order valence-corrected chi connectivity index (χ1v) is 19.9. The average molecular weight is 681 g/mol. The van der Waals surface area contributed by atoms with Crippen LogP contribution in [-0.2, 0) is 0 Å². The summed E-state index contributed by atoms with van der Waals surface area (Å²) in [5.41, 5.74) is 6.98. The van der Waals surface area contributed by atoms with Crippen molar-refractivity contribution in [1.29, 1.82) is 0 Å². The lowest BCUT2D eigenvalue weighted by Crippen LogP contribution is -2.21. The Bertz CT molecular complexity index is 1290. The number of anilines is 2. The molecule has 3 aromatic carbocycles. The molecule has 0 radical (unpaired) electrons. The van der Waals surface area contributed by atoms with Crippen LogP contribution in [0.4, 0.5) is 11.4 Å². The molecular formula is C46H68N2O2. The number of unbranched alkanes of at least 4 members (excludes halogenated alkanes) is 2. The Balaban J connectivity index is 2.03. The molecule has 2 unspecified atom stereocenters. The van der Waals surface area contributed by atoms with Gasteiger partial charge in [-0.05, 0) is 99.9 Å². The van der Waals surface area contributed by atoms with Crippen LogP contribution >= 0.6 is 0 Å². The van der Waals surface area contributed by atoms with Crippen molar-refractivity contribution in [3.05, 3.63) is 82.9 Å². The van der Waals surface area contributed by atoms with Gasteiger partial charge < -0.3 is 19.3 Å². The molecule has 0 aromatic heterocycles. The number of hydrogen-bond acceptors (Lipinski definition) is 4. The number of benzene rings is 3. The van der Waals surface area contributed by atoms with Gasteiger partial charge in [-0.15, -0.1) is 0 Å². The van der Waals surface area contributed by atoms with Crippen molar-refractivity contribution >= 4 is 35.7 Å². The lowest BCUT2D eigenvalue weighted by molar-refractivity contribution is 0.227. The van der Waals surface area contributed by atoms with Gasteiger partial charge in [-0.1, -0.05) is 115 Å². The molecule has 0 bridgehead atoms. The Morgan fingerprint density at radius 1 is 0.500 bits per heavy atom. The van der Waals surface area contributed by atoms with Gasteiger partial charge in [-0.25, -0.2) is 0 Å². The van der Waals surface area contributed by atoms with E-state index in [4.69, 9.17) is 9.47 Å². The van der Waals surface area contributed by atoms with E-state index in [2.05, 4.69) is 150 Å². The van der Waals surface area contributed by atoms with Crippen LogP contribution in [-0.4, -0.2) is 39.4 Å². The van der Waals surface area contributed by atoms with Gasteiger partial charge in [0.2, 0.25) is 0 Å². The SMILES string of the molecule is CCCCC(CC)COc1cc(/C=C/c2ccc(N(CC)CC)cc2)c(OCC(CC)CCCC)cc1/C=C/c1ccc(N(CC)CC)cc1. The van der Waals surface area contributed by atoms with Crippen LogP contribution in [0, 0.1) is 11.8 Å². The maximum atomic E-state index is 6.72. The van der Waals surface area contributed by atoms with Crippen molar-refractivity contribution in [2.75, 3.05) is 49.2 Å². The van der Waals surface area contributed by atoms with Gasteiger partial charge in [0.15, 0.2) is 0 Å². The van der Waals surface area contributed by atoms with E-state index in [1.807, 2.05) is 0 Å². The standard InChI is InChI=1S/C46H68N2O2/c1-9-17-19-37(11-3)35-49-45-33-42(28-22-40-25-31-44(32-26-40)48(15-7)16-8)46(50-36-38(12-4)20-18-10-2)34-41(45)27-21-39-23-29-43(30-24-39)47(13-5)14-6/h21-34,37-38H,9-20,35-36H2,1-8H3/b27-21+,28-22+. The second-order valence-electron chi connectivity index (χ2n) is 13.6. The fourth-order valence-electron chi connectivity index (χ4n) is 6.46. The summed E-state index contributed by atoms with van der Waals surface area (Å²) in [4.78, 5) is 4.75. The highest BCUT2D eigenvalue weighted by molar-refractivity contribution is 5.79. The summed E-state index contributed by atoms with van der Waals surface area (Å²) in [6.45, 7) is 23.4. The first-order chi connectivity index (χ1) is 24.4. The molecule has 0 heterocycles. The summed E-state index contributed by atoms with van der Waals surface area (Å²) in [6, 6.07) is 22.2. The van der Waals surface area contributed by atoms with Crippen molar-refractivity contribution in [3.63, 3.8) is 0 Å². The van der Waals surface area contributed by atoms with Gasteiger partial charge in [-0.2, -0.15) is 0 Å². The Morgan fingerprint density at radius 2 is 0.860 bits per heavy atom. The van der Waals surface area contributed by atoms with Crippen LogP contribution in [0.2, 0.25) is 0 Å². The fraction of sp³-hybridized carbons (Fsp3) is 0.522. The van der Waals surface area contributed by atoms with Crippen molar-refractivity contribution in [2.24, 2.45) is 11.8 Å². The highest BCUT2D eigenvalue weighted by atomic mass is 16.5. The molecule has 0 saturated carbocycles. The Hall–Kier alpha value is -3.66. The van der Waals surface area contributed by atoms with Crippen LogP contribution in [0.1, 0.15) is 129 Å². The molecule has 0 aliphatic rings. The normalized spacial score (nSPS) is 12.8. The zero-order chi connectivity index (χ0) is 36.1. The number of rotatable bonds is 24. The minimum absolute atomic E-state index is 0.544.